The molecule has 2 rings (SSSR count). The molecule has 0 unspecified atom stereocenters. The van der Waals surface area contributed by atoms with Gasteiger partial charge >= 0.3 is 6.03 Å². The minimum absolute atomic E-state index is 0.148. The molecule has 0 radical (unpaired) electrons. The third kappa shape index (κ3) is 3.60. The Bertz CT molecular complexity index is 257. The number of carbonyl (C=O) groups is 1. The Balaban J connectivity index is 1.87. The van der Waals surface area contributed by atoms with Gasteiger partial charge in [0.2, 0.25) is 0 Å². The van der Waals surface area contributed by atoms with E-state index in [-0.39, 0.29) is 6.03 Å². The van der Waals surface area contributed by atoms with Crippen molar-refractivity contribution in [2.75, 3.05) is 6.54 Å². The molecule has 2 aliphatic carbocycles. The lowest BCUT2D eigenvalue weighted by Crippen LogP contribution is -2.49. The van der Waals surface area contributed by atoms with Gasteiger partial charge in [-0.1, -0.05) is 6.92 Å². The predicted molar refractivity (Wildman–Crippen MR) is 68.8 cm³/mol. The zero-order valence-corrected chi connectivity index (χ0v) is 10.8. The molecule has 0 spiro atoms. The van der Waals surface area contributed by atoms with Gasteiger partial charge in [-0.3, -0.25) is 0 Å². The van der Waals surface area contributed by atoms with Gasteiger partial charge in [-0.05, 0) is 44.9 Å². The first kappa shape index (κ1) is 12.7. The fourth-order valence-corrected chi connectivity index (χ4v) is 2.59. The highest BCUT2D eigenvalue weighted by Crippen LogP contribution is 2.24. The molecule has 4 heteroatoms. The van der Waals surface area contributed by atoms with E-state index in [4.69, 9.17) is 5.73 Å². The van der Waals surface area contributed by atoms with E-state index < -0.39 is 0 Å². The summed E-state index contributed by atoms with van der Waals surface area (Å²) in [5, 5.41) is 3.10. The second-order valence-corrected chi connectivity index (χ2v) is 5.49. The van der Waals surface area contributed by atoms with Gasteiger partial charge in [0.25, 0.3) is 0 Å². The van der Waals surface area contributed by atoms with Crippen LogP contribution in [-0.4, -0.2) is 35.6 Å². The molecule has 0 aromatic carbocycles. The standard InChI is InChI=1S/C13H25N3O/c1-2-9-16(13(17)15-11-5-6-11)12-7-3-10(14)4-8-12/h10-12H,2-9,14H2,1H3,(H,15,17). The van der Waals surface area contributed by atoms with Gasteiger partial charge in [0.05, 0.1) is 0 Å². The van der Waals surface area contributed by atoms with Crippen molar-refractivity contribution in [1.29, 1.82) is 0 Å². The van der Waals surface area contributed by atoms with Crippen LogP contribution in [-0.2, 0) is 0 Å². The Hall–Kier alpha value is -0.770. The Labute approximate surface area is 104 Å². The molecule has 4 nitrogen and oxygen atoms in total. The fraction of sp³-hybridized carbons (Fsp3) is 0.923. The molecule has 0 saturated heterocycles. The molecule has 98 valence electrons. The first-order chi connectivity index (χ1) is 8.20. The first-order valence-electron chi connectivity index (χ1n) is 7.03. The third-order valence-electron chi connectivity index (χ3n) is 3.81. The molecular weight excluding hydrogens is 214 g/mol. The maximum atomic E-state index is 12.1. The summed E-state index contributed by atoms with van der Waals surface area (Å²) in [7, 11) is 0. The zero-order chi connectivity index (χ0) is 12.3. The van der Waals surface area contributed by atoms with Gasteiger partial charge in [-0.15, -0.1) is 0 Å². The average Bonchev–Trinajstić information content (AvgIpc) is 3.11. The largest absolute Gasteiger partial charge is 0.335 e. The van der Waals surface area contributed by atoms with Gasteiger partial charge in [-0.25, -0.2) is 4.79 Å². The Morgan fingerprint density at radius 1 is 1.24 bits per heavy atom. The van der Waals surface area contributed by atoms with E-state index >= 15 is 0 Å². The number of hydrogen-bond donors (Lipinski definition) is 2. The van der Waals surface area contributed by atoms with Crippen LogP contribution < -0.4 is 11.1 Å². The number of carbonyl (C=O) groups excluding carboxylic acids is 1. The van der Waals surface area contributed by atoms with Crippen molar-refractivity contribution in [3.8, 4) is 0 Å². The molecule has 2 amide bonds. The molecule has 0 aromatic heterocycles. The van der Waals surface area contributed by atoms with E-state index in [9.17, 15) is 4.79 Å². The average molecular weight is 239 g/mol. The van der Waals surface area contributed by atoms with E-state index in [1.165, 1.54) is 0 Å². The molecular formula is C13H25N3O. The smallest absolute Gasteiger partial charge is 0.317 e. The molecule has 0 atom stereocenters. The molecule has 17 heavy (non-hydrogen) atoms. The third-order valence-corrected chi connectivity index (χ3v) is 3.81. The summed E-state index contributed by atoms with van der Waals surface area (Å²) < 4.78 is 0. The van der Waals surface area contributed by atoms with Gasteiger partial charge in [-0.2, -0.15) is 0 Å². The highest BCUT2D eigenvalue weighted by molar-refractivity contribution is 5.75. The minimum Gasteiger partial charge on any atom is -0.335 e. The highest BCUT2D eigenvalue weighted by atomic mass is 16.2. The number of nitrogens with one attached hydrogen (secondary N) is 1. The summed E-state index contributed by atoms with van der Waals surface area (Å²) in [6.07, 6.45) is 7.59. The van der Waals surface area contributed by atoms with Crippen LogP contribution in [0, 0.1) is 0 Å². The second-order valence-electron chi connectivity index (χ2n) is 5.49. The summed E-state index contributed by atoms with van der Waals surface area (Å²) in [4.78, 5) is 14.2. The highest BCUT2D eigenvalue weighted by Gasteiger charge is 2.30. The predicted octanol–water partition coefficient (Wildman–Crippen LogP) is 1.84. The minimum atomic E-state index is 0.148. The van der Waals surface area contributed by atoms with Crippen LogP contribution in [0.1, 0.15) is 51.9 Å². The van der Waals surface area contributed by atoms with Crippen LogP contribution >= 0.6 is 0 Å². The maximum Gasteiger partial charge on any atom is 0.317 e. The summed E-state index contributed by atoms with van der Waals surface area (Å²) in [5.74, 6) is 0. The lowest BCUT2D eigenvalue weighted by Gasteiger charge is -2.36. The van der Waals surface area contributed by atoms with Crippen LogP contribution in [0.4, 0.5) is 4.79 Å². The van der Waals surface area contributed by atoms with Gasteiger partial charge < -0.3 is 16.0 Å². The Morgan fingerprint density at radius 3 is 2.41 bits per heavy atom. The molecule has 0 aliphatic heterocycles. The Morgan fingerprint density at radius 2 is 1.88 bits per heavy atom. The van der Waals surface area contributed by atoms with Crippen molar-refractivity contribution in [2.45, 2.75) is 70.0 Å². The molecule has 0 bridgehead atoms. The molecule has 0 heterocycles. The van der Waals surface area contributed by atoms with Crippen molar-refractivity contribution in [2.24, 2.45) is 5.73 Å². The summed E-state index contributed by atoms with van der Waals surface area (Å²) >= 11 is 0. The maximum absolute atomic E-state index is 12.1. The van der Waals surface area contributed by atoms with Crippen molar-refractivity contribution >= 4 is 6.03 Å². The number of nitrogens with two attached hydrogens (primary N) is 1. The molecule has 2 fully saturated rings. The molecule has 2 aliphatic rings. The molecule has 0 aromatic rings. The van der Waals surface area contributed by atoms with Crippen molar-refractivity contribution in [3.63, 3.8) is 0 Å². The lowest BCUT2D eigenvalue weighted by atomic mass is 9.91. The number of hydrogen-bond acceptors (Lipinski definition) is 2. The number of urea groups is 1. The van der Waals surface area contributed by atoms with Crippen LogP contribution in [0.25, 0.3) is 0 Å². The van der Waals surface area contributed by atoms with Gasteiger partial charge in [0.15, 0.2) is 0 Å². The first-order valence-corrected chi connectivity index (χ1v) is 7.03. The topological polar surface area (TPSA) is 58.4 Å². The monoisotopic (exact) mass is 239 g/mol. The Kier molecular flexibility index (Phi) is 4.26. The quantitative estimate of drug-likeness (QED) is 0.786. The van der Waals surface area contributed by atoms with Gasteiger partial charge in [0.1, 0.15) is 0 Å². The second kappa shape index (κ2) is 5.71. The SMILES string of the molecule is CCCN(C(=O)NC1CC1)C1CCC(N)CC1. The number of rotatable bonds is 4. The normalized spacial score (nSPS) is 28.8. The van der Waals surface area contributed by atoms with Crippen molar-refractivity contribution in [3.05, 3.63) is 0 Å². The number of nitrogens with zero attached hydrogens (tertiary/aromatic N) is 1. The van der Waals surface area contributed by atoms with Gasteiger partial charge in [0, 0.05) is 24.7 Å². The van der Waals surface area contributed by atoms with E-state index in [1.807, 2.05) is 4.90 Å². The zero-order valence-electron chi connectivity index (χ0n) is 10.8. The van der Waals surface area contributed by atoms with Crippen LogP contribution in [0.2, 0.25) is 0 Å². The lowest BCUT2D eigenvalue weighted by molar-refractivity contribution is 0.151. The van der Waals surface area contributed by atoms with E-state index in [0.29, 0.717) is 18.1 Å². The van der Waals surface area contributed by atoms with Crippen molar-refractivity contribution in [1.82, 2.24) is 10.2 Å². The summed E-state index contributed by atoms with van der Waals surface area (Å²) in [6.45, 7) is 3.00. The van der Waals surface area contributed by atoms with Crippen LogP contribution in [0.15, 0.2) is 0 Å². The van der Waals surface area contributed by atoms with E-state index in [0.717, 1.165) is 51.5 Å². The summed E-state index contributed by atoms with van der Waals surface area (Å²) in [6, 6.07) is 1.36. The fourth-order valence-electron chi connectivity index (χ4n) is 2.59. The number of amides is 2. The van der Waals surface area contributed by atoms with Crippen LogP contribution in [0.3, 0.4) is 0 Å². The van der Waals surface area contributed by atoms with E-state index in [2.05, 4.69) is 12.2 Å². The molecule has 2 saturated carbocycles. The summed E-state index contributed by atoms with van der Waals surface area (Å²) in [5.41, 5.74) is 5.92. The van der Waals surface area contributed by atoms with E-state index in [1.54, 1.807) is 0 Å². The van der Waals surface area contributed by atoms with Crippen LogP contribution in [0.5, 0.6) is 0 Å². The van der Waals surface area contributed by atoms with Crippen molar-refractivity contribution < 1.29 is 4.79 Å². The molecule has 3 N–H and O–H groups in total.